The quantitative estimate of drug-likeness (QED) is 0.560. The Hall–Kier alpha value is 0.137. The van der Waals surface area contributed by atoms with Crippen molar-refractivity contribution in [2.24, 2.45) is 11.8 Å². The monoisotopic (exact) mass is 300 g/mol. The molecule has 3 heteroatoms. The van der Waals surface area contributed by atoms with Gasteiger partial charge in [0, 0.05) is 20.8 Å². The highest BCUT2D eigenvalue weighted by Crippen LogP contribution is 2.48. The lowest BCUT2D eigenvalue weighted by Gasteiger charge is -2.33. The summed E-state index contributed by atoms with van der Waals surface area (Å²) >= 11 is 0. The number of hydrogen-bond donors (Lipinski definition) is 0. The van der Waals surface area contributed by atoms with E-state index < -0.39 is 8.07 Å². The molecule has 0 N–H and O–H groups in total. The summed E-state index contributed by atoms with van der Waals surface area (Å²) in [5, 5.41) is 0. The molecule has 1 aliphatic carbocycles. The topological polar surface area (TPSA) is 18.5 Å². The van der Waals surface area contributed by atoms with Gasteiger partial charge in [-0.15, -0.1) is 0 Å². The maximum absolute atomic E-state index is 5.95. The van der Waals surface area contributed by atoms with Crippen molar-refractivity contribution in [3.63, 3.8) is 0 Å². The Kier molecular flexibility index (Phi) is 7.23. The molecular weight excluding hydrogens is 264 g/mol. The van der Waals surface area contributed by atoms with Gasteiger partial charge in [0.15, 0.2) is 0 Å². The second-order valence-electron chi connectivity index (χ2n) is 7.04. The summed E-state index contributed by atoms with van der Waals surface area (Å²) in [6.07, 6.45) is 3.53. The summed E-state index contributed by atoms with van der Waals surface area (Å²) in [7, 11) is 2.67. The molecule has 0 aliphatic heterocycles. The Bertz CT molecular complexity index is 270. The van der Waals surface area contributed by atoms with Crippen molar-refractivity contribution >= 4 is 8.07 Å². The van der Waals surface area contributed by atoms with Gasteiger partial charge in [0.25, 0.3) is 0 Å². The van der Waals surface area contributed by atoms with Crippen molar-refractivity contribution in [3.8, 4) is 0 Å². The summed E-state index contributed by atoms with van der Waals surface area (Å²) in [5.41, 5.74) is 0.0927. The van der Waals surface area contributed by atoms with Crippen LogP contribution in [0, 0.1) is 11.8 Å². The Morgan fingerprint density at radius 3 is 2.10 bits per heavy atom. The van der Waals surface area contributed by atoms with Gasteiger partial charge in [-0.3, -0.25) is 0 Å². The third-order valence-electron chi connectivity index (χ3n) is 6.27. The smallest absolute Gasteiger partial charge is 0.0706 e. The second-order valence-corrected chi connectivity index (χ2v) is 12.6. The molecule has 2 nitrogen and oxygen atoms in total. The Labute approximate surface area is 127 Å². The maximum atomic E-state index is 5.95. The lowest BCUT2D eigenvalue weighted by Crippen LogP contribution is -2.35. The zero-order chi connectivity index (χ0) is 15.2. The molecule has 0 bridgehead atoms. The van der Waals surface area contributed by atoms with Gasteiger partial charge in [0.2, 0.25) is 0 Å². The van der Waals surface area contributed by atoms with E-state index in [-0.39, 0.29) is 5.60 Å². The van der Waals surface area contributed by atoms with Crippen LogP contribution < -0.4 is 0 Å². The molecule has 0 radical (unpaired) electrons. The number of ether oxygens (including phenoxy) is 2. The highest BCUT2D eigenvalue weighted by Gasteiger charge is 2.45. The minimum absolute atomic E-state index is 0.0927. The summed E-state index contributed by atoms with van der Waals surface area (Å²) < 4.78 is 11.2. The van der Waals surface area contributed by atoms with Gasteiger partial charge in [0.1, 0.15) is 0 Å². The zero-order valence-corrected chi connectivity index (χ0v) is 15.6. The SMILES string of the molecule is CC[Si](CC)(CC)C[C@@H]1CC(CCOC)(OC)C[C@H]1C. The van der Waals surface area contributed by atoms with Gasteiger partial charge < -0.3 is 9.47 Å². The van der Waals surface area contributed by atoms with Crippen molar-refractivity contribution in [1.82, 2.24) is 0 Å². The predicted octanol–water partition coefficient (Wildman–Crippen LogP) is 4.96. The van der Waals surface area contributed by atoms with Crippen molar-refractivity contribution in [1.29, 1.82) is 0 Å². The van der Waals surface area contributed by atoms with Gasteiger partial charge in [-0.25, -0.2) is 0 Å². The minimum atomic E-state index is -1.02. The first-order valence-corrected chi connectivity index (χ1v) is 11.4. The van der Waals surface area contributed by atoms with E-state index >= 15 is 0 Å². The molecule has 3 atom stereocenters. The van der Waals surface area contributed by atoms with Crippen LogP contribution in [0.4, 0.5) is 0 Å². The molecule has 0 aromatic rings. The fraction of sp³-hybridized carbons (Fsp3) is 1.00. The van der Waals surface area contributed by atoms with Gasteiger partial charge in [-0.2, -0.15) is 0 Å². The molecule has 1 saturated carbocycles. The van der Waals surface area contributed by atoms with Gasteiger partial charge in [-0.1, -0.05) is 51.9 Å². The molecule has 1 fully saturated rings. The van der Waals surface area contributed by atoms with E-state index in [0.29, 0.717) is 0 Å². The van der Waals surface area contributed by atoms with Crippen LogP contribution >= 0.6 is 0 Å². The fourth-order valence-electron chi connectivity index (χ4n) is 4.29. The van der Waals surface area contributed by atoms with E-state index in [1.165, 1.54) is 37.0 Å². The summed E-state index contributed by atoms with van der Waals surface area (Å²) in [5.74, 6) is 1.68. The van der Waals surface area contributed by atoms with Crippen LogP contribution in [-0.4, -0.2) is 34.5 Å². The molecule has 0 aromatic carbocycles. The standard InChI is InChI=1S/C17H36O2Si/c1-7-20(8-2,9-3)14-16-13-17(19-6,10-11-18-5)12-15(16)4/h15-16H,7-14H2,1-6H3/t15-,16+,17?/m1/s1. The van der Waals surface area contributed by atoms with Crippen LogP contribution in [0.15, 0.2) is 0 Å². The van der Waals surface area contributed by atoms with Crippen LogP contribution in [0.25, 0.3) is 0 Å². The molecule has 0 aromatic heterocycles. The van der Waals surface area contributed by atoms with Gasteiger partial charge in [-0.05, 0) is 31.1 Å². The Morgan fingerprint density at radius 1 is 1.05 bits per heavy atom. The Morgan fingerprint density at radius 2 is 1.65 bits per heavy atom. The Balaban J connectivity index is 2.73. The first kappa shape index (κ1) is 18.2. The molecule has 0 heterocycles. The van der Waals surface area contributed by atoms with E-state index in [9.17, 15) is 0 Å². The van der Waals surface area contributed by atoms with E-state index in [4.69, 9.17) is 9.47 Å². The highest BCUT2D eigenvalue weighted by molar-refractivity contribution is 6.79. The zero-order valence-electron chi connectivity index (χ0n) is 14.6. The number of rotatable bonds is 9. The fourth-order valence-corrected chi connectivity index (χ4v) is 8.31. The molecule has 1 unspecified atom stereocenters. The molecular formula is C17H36O2Si. The predicted molar refractivity (Wildman–Crippen MR) is 90.1 cm³/mol. The second kappa shape index (κ2) is 7.95. The van der Waals surface area contributed by atoms with Gasteiger partial charge in [0.05, 0.1) is 13.7 Å². The largest absolute Gasteiger partial charge is 0.385 e. The minimum Gasteiger partial charge on any atom is -0.385 e. The van der Waals surface area contributed by atoms with E-state index in [2.05, 4.69) is 27.7 Å². The highest BCUT2D eigenvalue weighted by atomic mass is 28.3. The number of methoxy groups -OCH3 is 2. The summed E-state index contributed by atoms with van der Waals surface area (Å²) in [6.45, 7) is 10.5. The van der Waals surface area contributed by atoms with Crippen LogP contribution in [0.2, 0.25) is 24.2 Å². The first-order chi connectivity index (χ1) is 9.50. The van der Waals surface area contributed by atoms with Crippen molar-refractivity contribution in [2.75, 3.05) is 20.8 Å². The third-order valence-corrected chi connectivity index (χ3v) is 12.2. The lowest BCUT2D eigenvalue weighted by molar-refractivity contribution is -0.0312. The van der Waals surface area contributed by atoms with E-state index in [1.54, 1.807) is 7.11 Å². The van der Waals surface area contributed by atoms with Crippen molar-refractivity contribution in [2.45, 2.75) is 76.7 Å². The first-order valence-electron chi connectivity index (χ1n) is 8.54. The van der Waals surface area contributed by atoms with Gasteiger partial charge >= 0.3 is 0 Å². The molecule has 0 amide bonds. The van der Waals surface area contributed by atoms with Crippen LogP contribution in [-0.2, 0) is 9.47 Å². The molecule has 1 rings (SSSR count). The van der Waals surface area contributed by atoms with Crippen molar-refractivity contribution in [3.05, 3.63) is 0 Å². The molecule has 1 aliphatic rings. The van der Waals surface area contributed by atoms with Crippen LogP contribution in [0.1, 0.15) is 47.0 Å². The number of hydrogen-bond acceptors (Lipinski definition) is 2. The van der Waals surface area contributed by atoms with Crippen LogP contribution in [0.5, 0.6) is 0 Å². The summed E-state index contributed by atoms with van der Waals surface area (Å²) in [6, 6.07) is 5.85. The molecule has 0 spiro atoms. The van der Waals surface area contributed by atoms with Crippen molar-refractivity contribution < 1.29 is 9.47 Å². The van der Waals surface area contributed by atoms with E-state index in [0.717, 1.165) is 24.9 Å². The molecule has 0 saturated heterocycles. The van der Waals surface area contributed by atoms with Crippen LogP contribution in [0.3, 0.4) is 0 Å². The normalized spacial score (nSPS) is 30.9. The average Bonchev–Trinajstić information content (AvgIpc) is 2.79. The molecule has 120 valence electrons. The molecule has 20 heavy (non-hydrogen) atoms. The van der Waals surface area contributed by atoms with E-state index in [1.807, 2.05) is 7.11 Å². The third kappa shape index (κ3) is 4.08. The average molecular weight is 301 g/mol. The lowest BCUT2D eigenvalue weighted by atomic mass is 9.96. The maximum Gasteiger partial charge on any atom is 0.0706 e. The summed E-state index contributed by atoms with van der Waals surface area (Å²) in [4.78, 5) is 0.